The number of hydrogen-bond donors (Lipinski definition) is 3. The summed E-state index contributed by atoms with van der Waals surface area (Å²) in [5, 5.41) is 0. The van der Waals surface area contributed by atoms with Crippen LogP contribution in [0.2, 0.25) is 0 Å². The van der Waals surface area contributed by atoms with E-state index < -0.39 is 10.0 Å². The summed E-state index contributed by atoms with van der Waals surface area (Å²) in [6, 6.07) is 9.56. The molecule has 1 heterocycles. The van der Waals surface area contributed by atoms with Crippen molar-refractivity contribution >= 4 is 10.0 Å². The van der Waals surface area contributed by atoms with Gasteiger partial charge in [0.15, 0.2) is 0 Å². The van der Waals surface area contributed by atoms with Crippen LogP contribution >= 0.6 is 0 Å². The Morgan fingerprint density at radius 3 is 2.65 bits per heavy atom. The fourth-order valence-electron chi connectivity index (χ4n) is 1.55. The molecule has 1 aromatic rings. The van der Waals surface area contributed by atoms with Gasteiger partial charge in [0.25, 0.3) is 0 Å². The maximum Gasteiger partial charge on any atom is 0.213 e. The minimum absolute atomic E-state index is 0.0863. The van der Waals surface area contributed by atoms with Crippen LogP contribution in [-0.2, 0) is 16.4 Å². The van der Waals surface area contributed by atoms with Gasteiger partial charge in [0, 0.05) is 6.20 Å². The Balaban J connectivity index is 1.87. The van der Waals surface area contributed by atoms with Gasteiger partial charge < -0.3 is 5.43 Å². The summed E-state index contributed by atoms with van der Waals surface area (Å²) in [4.78, 5) is 0. The first-order valence-corrected chi connectivity index (χ1v) is 7.03. The van der Waals surface area contributed by atoms with Crippen LogP contribution in [-0.4, -0.2) is 20.3 Å². The van der Waals surface area contributed by atoms with Crippen LogP contribution in [0.1, 0.15) is 5.56 Å². The molecule has 1 atom stereocenters. The number of sulfonamides is 1. The van der Waals surface area contributed by atoms with E-state index in [4.69, 9.17) is 0 Å². The zero-order chi connectivity index (χ0) is 12.1. The third-order valence-corrected chi connectivity index (χ3v) is 3.77. The van der Waals surface area contributed by atoms with Crippen LogP contribution < -0.4 is 15.6 Å². The largest absolute Gasteiger partial charge is 0.327 e. The van der Waals surface area contributed by atoms with Crippen molar-refractivity contribution in [3.63, 3.8) is 0 Å². The van der Waals surface area contributed by atoms with E-state index in [1.165, 1.54) is 0 Å². The molecule has 1 aliphatic rings. The highest BCUT2D eigenvalue weighted by atomic mass is 32.2. The summed E-state index contributed by atoms with van der Waals surface area (Å²) in [5.41, 5.74) is 6.49. The molecule has 0 radical (unpaired) electrons. The van der Waals surface area contributed by atoms with E-state index in [2.05, 4.69) is 15.6 Å². The minimum Gasteiger partial charge on any atom is -0.327 e. The van der Waals surface area contributed by atoms with Gasteiger partial charge in [0.05, 0.1) is 5.75 Å². The van der Waals surface area contributed by atoms with Crippen molar-refractivity contribution < 1.29 is 8.42 Å². The fraction of sp³-hybridized carbons (Fsp3) is 0.273. The molecule has 0 fully saturated rings. The summed E-state index contributed by atoms with van der Waals surface area (Å²) < 4.78 is 26.0. The van der Waals surface area contributed by atoms with Gasteiger partial charge in [-0.15, -0.1) is 0 Å². The average molecular weight is 253 g/mol. The third kappa shape index (κ3) is 3.85. The molecular formula is C11H15N3O2S. The first-order valence-electron chi connectivity index (χ1n) is 5.37. The van der Waals surface area contributed by atoms with Gasteiger partial charge in [-0.2, -0.15) is 4.72 Å². The second-order valence-electron chi connectivity index (χ2n) is 3.80. The number of benzene rings is 1. The lowest BCUT2D eigenvalue weighted by molar-refractivity contribution is 0.529. The molecule has 0 spiro atoms. The maximum atomic E-state index is 11.7. The van der Waals surface area contributed by atoms with E-state index >= 15 is 0 Å². The van der Waals surface area contributed by atoms with Gasteiger partial charge in [-0.05, 0) is 18.1 Å². The van der Waals surface area contributed by atoms with Crippen molar-refractivity contribution in [1.82, 2.24) is 15.6 Å². The molecule has 0 aliphatic carbocycles. The maximum absolute atomic E-state index is 11.7. The van der Waals surface area contributed by atoms with Gasteiger partial charge in [-0.3, -0.25) is 0 Å². The van der Waals surface area contributed by atoms with E-state index in [0.717, 1.165) is 5.56 Å². The van der Waals surface area contributed by atoms with Crippen molar-refractivity contribution in [3.8, 4) is 0 Å². The Kier molecular flexibility index (Phi) is 3.78. The quantitative estimate of drug-likeness (QED) is 0.696. The van der Waals surface area contributed by atoms with E-state index in [1.807, 2.05) is 30.3 Å². The topological polar surface area (TPSA) is 70.2 Å². The molecule has 92 valence electrons. The molecule has 0 amide bonds. The number of rotatable bonds is 5. The van der Waals surface area contributed by atoms with E-state index in [1.54, 1.807) is 12.3 Å². The Morgan fingerprint density at radius 2 is 2.00 bits per heavy atom. The number of nitrogens with one attached hydrogen (secondary N) is 3. The summed E-state index contributed by atoms with van der Waals surface area (Å²) in [6.45, 7) is 0. The smallest absolute Gasteiger partial charge is 0.213 e. The highest BCUT2D eigenvalue weighted by Gasteiger charge is 2.17. The van der Waals surface area contributed by atoms with Gasteiger partial charge in [-0.25, -0.2) is 13.8 Å². The Morgan fingerprint density at radius 1 is 1.24 bits per heavy atom. The molecule has 0 aromatic heterocycles. The predicted molar refractivity (Wildman–Crippen MR) is 66.3 cm³/mol. The summed E-state index contributed by atoms with van der Waals surface area (Å²) >= 11 is 0. The van der Waals surface area contributed by atoms with E-state index in [-0.39, 0.29) is 11.9 Å². The molecule has 3 N–H and O–H groups in total. The third-order valence-electron chi connectivity index (χ3n) is 2.42. The molecule has 1 aromatic carbocycles. The van der Waals surface area contributed by atoms with Crippen molar-refractivity contribution in [3.05, 3.63) is 48.2 Å². The normalized spacial score (nSPS) is 19.2. The molecule has 0 saturated heterocycles. The van der Waals surface area contributed by atoms with Crippen molar-refractivity contribution in [1.29, 1.82) is 0 Å². The number of aryl methyl sites for hydroxylation is 1. The first-order chi connectivity index (χ1) is 8.16. The van der Waals surface area contributed by atoms with Gasteiger partial charge in [-0.1, -0.05) is 30.3 Å². The molecule has 1 aliphatic heterocycles. The van der Waals surface area contributed by atoms with Gasteiger partial charge in [0.2, 0.25) is 10.0 Å². The Hall–Kier alpha value is -1.37. The summed E-state index contributed by atoms with van der Waals surface area (Å²) in [7, 11) is -3.27. The molecular weight excluding hydrogens is 238 g/mol. The second kappa shape index (κ2) is 5.31. The second-order valence-corrected chi connectivity index (χ2v) is 5.67. The zero-order valence-electron chi connectivity index (χ0n) is 9.26. The lowest BCUT2D eigenvalue weighted by Gasteiger charge is -2.11. The van der Waals surface area contributed by atoms with Crippen LogP contribution in [0.5, 0.6) is 0 Å². The lowest BCUT2D eigenvalue weighted by Crippen LogP contribution is -2.45. The highest BCUT2D eigenvalue weighted by molar-refractivity contribution is 7.89. The van der Waals surface area contributed by atoms with Crippen LogP contribution in [0.25, 0.3) is 0 Å². The molecule has 5 nitrogen and oxygen atoms in total. The molecule has 0 saturated carbocycles. The van der Waals surface area contributed by atoms with Crippen LogP contribution in [0.15, 0.2) is 42.6 Å². The number of hydrazine groups is 1. The molecule has 2 rings (SSSR count). The number of hydrogen-bond acceptors (Lipinski definition) is 4. The first kappa shape index (κ1) is 12.1. The molecule has 17 heavy (non-hydrogen) atoms. The molecule has 6 heteroatoms. The fourth-order valence-corrected chi connectivity index (χ4v) is 2.70. The Bertz CT molecular complexity index is 485. The lowest BCUT2D eigenvalue weighted by atomic mass is 10.2. The van der Waals surface area contributed by atoms with Crippen molar-refractivity contribution in [2.45, 2.75) is 12.6 Å². The Labute approximate surface area is 101 Å². The standard InChI is InChI=1S/C11H15N3O2S/c15-17(16,14-11-6-8-12-13-11)9-7-10-4-2-1-3-5-10/h1-6,8,11-14H,7,9H2. The van der Waals surface area contributed by atoms with E-state index in [9.17, 15) is 8.42 Å². The monoisotopic (exact) mass is 253 g/mol. The predicted octanol–water partition coefficient (Wildman–Crippen LogP) is 0.0961. The zero-order valence-corrected chi connectivity index (χ0v) is 10.1. The van der Waals surface area contributed by atoms with Crippen LogP contribution in [0.4, 0.5) is 0 Å². The van der Waals surface area contributed by atoms with Crippen molar-refractivity contribution in [2.24, 2.45) is 0 Å². The van der Waals surface area contributed by atoms with Crippen LogP contribution in [0, 0.1) is 0 Å². The van der Waals surface area contributed by atoms with E-state index in [0.29, 0.717) is 6.42 Å². The van der Waals surface area contributed by atoms with Gasteiger partial charge in [0.1, 0.15) is 6.17 Å². The minimum atomic E-state index is -3.27. The van der Waals surface area contributed by atoms with Crippen molar-refractivity contribution in [2.75, 3.05) is 5.75 Å². The average Bonchev–Trinajstić information content (AvgIpc) is 2.80. The van der Waals surface area contributed by atoms with Crippen LogP contribution in [0.3, 0.4) is 0 Å². The SMILES string of the molecule is O=S(=O)(CCc1ccccc1)NC1C=CNN1. The molecule has 1 unspecified atom stereocenters. The summed E-state index contributed by atoms with van der Waals surface area (Å²) in [6.07, 6.45) is 3.51. The van der Waals surface area contributed by atoms with Gasteiger partial charge >= 0.3 is 0 Å². The highest BCUT2D eigenvalue weighted by Crippen LogP contribution is 2.02. The molecule has 0 bridgehead atoms. The summed E-state index contributed by atoms with van der Waals surface area (Å²) in [5.74, 6) is 0.0863.